The molecule has 2 heterocycles. The van der Waals surface area contributed by atoms with Gasteiger partial charge in [0.15, 0.2) is 0 Å². The smallest absolute Gasteiger partial charge is 0.260 e. The maximum atomic E-state index is 13.3. The van der Waals surface area contributed by atoms with E-state index < -0.39 is 0 Å². The van der Waals surface area contributed by atoms with E-state index in [9.17, 15) is 9.59 Å². The Morgan fingerprint density at radius 1 is 1.03 bits per heavy atom. The summed E-state index contributed by atoms with van der Waals surface area (Å²) in [6, 6.07) is 21.0. The Hall–Kier alpha value is -3.47. The summed E-state index contributed by atoms with van der Waals surface area (Å²) in [6.45, 7) is 3.92. The molecule has 30 heavy (non-hydrogen) atoms. The van der Waals surface area contributed by atoms with Gasteiger partial charge in [0, 0.05) is 36.2 Å². The van der Waals surface area contributed by atoms with Crippen LogP contribution in [0.2, 0.25) is 0 Å². The maximum absolute atomic E-state index is 13.3. The number of hydrogen-bond acceptors (Lipinski definition) is 3. The minimum Gasteiger partial charge on any atom is -0.305 e. The van der Waals surface area contributed by atoms with Crippen LogP contribution in [0.3, 0.4) is 0 Å². The lowest BCUT2D eigenvalue weighted by Gasteiger charge is -2.43. The molecular weight excluding hydrogens is 374 g/mol. The van der Waals surface area contributed by atoms with Crippen LogP contribution in [-0.2, 0) is 4.79 Å². The van der Waals surface area contributed by atoms with Crippen LogP contribution in [0.1, 0.15) is 48.7 Å². The Kier molecular flexibility index (Phi) is 5.61. The standard InChI is InChI=1S/C25H25N3O2/c1-3-24(29)28(20-11-5-4-6-12-20)23-16-18(2)27(22-14-8-7-13-21(22)23)25(30)19-10-9-15-26-17-19/h4-15,17-18,23H,3,16H2,1-2H3. The fourth-order valence-corrected chi connectivity index (χ4v) is 4.22. The Morgan fingerprint density at radius 2 is 1.77 bits per heavy atom. The van der Waals surface area contributed by atoms with Crippen molar-refractivity contribution in [1.29, 1.82) is 0 Å². The molecule has 152 valence electrons. The van der Waals surface area contributed by atoms with Crippen LogP contribution in [0.15, 0.2) is 79.1 Å². The molecule has 1 aromatic heterocycles. The first-order chi connectivity index (χ1) is 14.6. The first-order valence-electron chi connectivity index (χ1n) is 10.3. The highest BCUT2D eigenvalue weighted by atomic mass is 16.2. The molecule has 0 bridgehead atoms. The molecule has 0 spiro atoms. The fraction of sp³-hybridized carbons (Fsp3) is 0.240. The maximum Gasteiger partial charge on any atom is 0.260 e. The number of carbonyl (C=O) groups excluding carboxylic acids is 2. The van der Waals surface area contributed by atoms with Crippen LogP contribution in [0, 0.1) is 0 Å². The Balaban J connectivity index is 1.79. The molecule has 1 aliphatic rings. The average Bonchev–Trinajstić information content (AvgIpc) is 2.80. The molecule has 2 aromatic carbocycles. The normalized spacial score (nSPS) is 17.9. The molecule has 0 radical (unpaired) electrons. The predicted octanol–water partition coefficient (Wildman–Crippen LogP) is 5.00. The molecule has 0 saturated heterocycles. The van der Waals surface area contributed by atoms with Gasteiger partial charge in [0.1, 0.15) is 0 Å². The number of anilines is 2. The number of pyridine rings is 1. The molecular formula is C25H25N3O2. The van der Waals surface area contributed by atoms with E-state index in [1.54, 1.807) is 24.5 Å². The van der Waals surface area contributed by atoms with E-state index in [0.717, 1.165) is 16.9 Å². The molecule has 2 atom stereocenters. The van der Waals surface area contributed by atoms with E-state index >= 15 is 0 Å². The average molecular weight is 399 g/mol. The number of rotatable bonds is 4. The summed E-state index contributed by atoms with van der Waals surface area (Å²) in [5.41, 5.74) is 3.27. The lowest BCUT2D eigenvalue weighted by atomic mass is 9.89. The first kappa shape index (κ1) is 19.8. The van der Waals surface area contributed by atoms with Crippen molar-refractivity contribution >= 4 is 23.2 Å². The topological polar surface area (TPSA) is 53.5 Å². The third-order valence-corrected chi connectivity index (χ3v) is 5.60. The van der Waals surface area contributed by atoms with Crippen LogP contribution >= 0.6 is 0 Å². The van der Waals surface area contributed by atoms with Gasteiger partial charge >= 0.3 is 0 Å². The van der Waals surface area contributed by atoms with Crippen molar-refractivity contribution in [3.05, 3.63) is 90.3 Å². The van der Waals surface area contributed by atoms with E-state index in [2.05, 4.69) is 4.98 Å². The van der Waals surface area contributed by atoms with Crippen LogP contribution < -0.4 is 9.80 Å². The molecule has 4 rings (SSSR count). The van der Waals surface area contributed by atoms with Crippen LogP contribution in [0.5, 0.6) is 0 Å². The highest BCUT2D eigenvalue weighted by molar-refractivity contribution is 6.07. The largest absolute Gasteiger partial charge is 0.305 e. The fourth-order valence-electron chi connectivity index (χ4n) is 4.22. The molecule has 0 saturated carbocycles. The van der Waals surface area contributed by atoms with Gasteiger partial charge in [-0.1, -0.05) is 43.3 Å². The third kappa shape index (κ3) is 3.59. The van der Waals surface area contributed by atoms with Gasteiger partial charge < -0.3 is 9.80 Å². The van der Waals surface area contributed by atoms with Crippen molar-refractivity contribution in [2.24, 2.45) is 0 Å². The molecule has 1 aliphatic heterocycles. The van der Waals surface area contributed by atoms with E-state index in [1.165, 1.54) is 0 Å². The number of aromatic nitrogens is 1. The molecule has 0 aliphatic carbocycles. The number of carbonyl (C=O) groups is 2. The van der Waals surface area contributed by atoms with E-state index in [0.29, 0.717) is 18.4 Å². The molecule has 5 nitrogen and oxygen atoms in total. The van der Waals surface area contributed by atoms with Crippen LogP contribution in [0.25, 0.3) is 0 Å². The van der Waals surface area contributed by atoms with Gasteiger partial charge in [-0.05, 0) is 49.2 Å². The van der Waals surface area contributed by atoms with Crippen molar-refractivity contribution in [2.45, 2.75) is 38.8 Å². The summed E-state index contributed by atoms with van der Waals surface area (Å²) in [5.74, 6) is -0.00480. The second-order valence-electron chi connectivity index (χ2n) is 7.53. The van der Waals surface area contributed by atoms with Gasteiger partial charge in [-0.15, -0.1) is 0 Å². The highest BCUT2D eigenvalue weighted by Crippen LogP contribution is 2.42. The highest BCUT2D eigenvalue weighted by Gasteiger charge is 2.38. The number of amides is 2. The SMILES string of the molecule is CCC(=O)N(c1ccccc1)C1CC(C)N(C(=O)c2cccnc2)c2ccccc21. The van der Waals surface area contributed by atoms with Crippen molar-refractivity contribution < 1.29 is 9.59 Å². The van der Waals surface area contributed by atoms with Crippen LogP contribution in [-0.4, -0.2) is 22.8 Å². The van der Waals surface area contributed by atoms with Gasteiger partial charge in [-0.25, -0.2) is 0 Å². The van der Waals surface area contributed by atoms with Crippen molar-refractivity contribution in [3.8, 4) is 0 Å². The van der Waals surface area contributed by atoms with Gasteiger partial charge in [0.25, 0.3) is 5.91 Å². The summed E-state index contributed by atoms with van der Waals surface area (Å²) < 4.78 is 0. The monoisotopic (exact) mass is 399 g/mol. The Morgan fingerprint density at radius 3 is 2.47 bits per heavy atom. The Bertz CT molecular complexity index is 1040. The minimum atomic E-state index is -0.135. The summed E-state index contributed by atoms with van der Waals surface area (Å²) >= 11 is 0. The number of benzene rings is 2. The lowest BCUT2D eigenvalue weighted by molar-refractivity contribution is -0.118. The van der Waals surface area contributed by atoms with Crippen LogP contribution in [0.4, 0.5) is 11.4 Å². The van der Waals surface area contributed by atoms with E-state index in [-0.39, 0.29) is 23.9 Å². The van der Waals surface area contributed by atoms with Crippen molar-refractivity contribution in [1.82, 2.24) is 4.98 Å². The lowest BCUT2D eigenvalue weighted by Crippen LogP contribution is -2.47. The number of fused-ring (bicyclic) bond motifs is 1. The van der Waals surface area contributed by atoms with E-state index in [1.807, 2.05) is 78.2 Å². The zero-order chi connectivity index (χ0) is 21.1. The molecule has 0 fully saturated rings. The van der Waals surface area contributed by atoms with Crippen molar-refractivity contribution in [2.75, 3.05) is 9.80 Å². The molecule has 2 unspecified atom stereocenters. The quantitative estimate of drug-likeness (QED) is 0.620. The third-order valence-electron chi connectivity index (χ3n) is 5.60. The van der Waals surface area contributed by atoms with Gasteiger partial charge in [0.2, 0.25) is 5.91 Å². The zero-order valence-corrected chi connectivity index (χ0v) is 17.2. The summed E-state index contributed by atoms with van der Waals surface area (Å²) in [6.07, 6.45) is 4.33. The minimum absolute atomic E-state index is 0.0697. The first-order valence-corrected chi connectivity index (χ1v) is 10.3. The van der Waals surface area contributed by atoms with Gasteiger partial charge in [-0.2, -0.15) is 0 Å². The summed E-state index contributed by atoms with van der Waals surface area (Å²) in [4.78, 5) is 34.1. The molecule has 5 heteroatoms. The van der Waals surface area contributed by atoms with E-state index in [4.69, 9.17) is 0 Å². The summed E-state index contributed by atoms with van der Waals surface area (Å²) in [7, 11) is 0. The zero-order valence-electron chi connectivity index (χ0n) is 17.2. The Labute approximate surface area is 177 Å². The molecule has 3 aromatic rings. The molecule has 0 N–H and O–H groups in total. The summed E-state index contributed by atoms with van der Waals surface area (Å²) in [5, 5.41) is 0. The van der Waals surface area contributed by atoms with Crippen molar-refractivity contribution in [3.63, 3.8) is 0 Å². The van der Waals surface area contributed by atoms with Gasteiger partial charge in [-0.3, -0.25) is 14.6 Å². The predicted molar refractivity (Wildman–Crippen MR) is 119 cm³/mol. The number of para-hydroxylation sites is 2. The van der Waals surface area contributed by atoms with Gasteiger partial charge in [0.05, 0.1) is 11.6 Å². The second-order valence-corrected chi connectivity index (χ2v) is 7.53. The number of nitrogens with zero attached hydrogens (tertiary/aromatic N) is 3. The number of hydrogen-bond donors (Lipinski definition) is 0. The molecule has 2 amide bonds. The second kappa shape index (κ2) is 8.49.